The minimum atomic E-state index is -2.47. The van der Waals surface area contributed by atoms with Crippen LogP contribution < -0.4 is 0 Å². The Morgan fingerprint density at radius 1 is 0.639 bits per heavy atom. The van der Waals surface area contributed by atoms with Gasteiger partial charge in [-0.15, -0.1) is 29.3 Å². The van der Waals surface area contributed by atoms with Gasteiger partial charge in [0.2, 0.25) is 0 Å². The van der Waals surface area contributed by atoms with Crippen LogP contribution in [0.15, 0.2) is 170 Å². The van der Waals surface area contributed by atoms with Crippen molar-refractivity contribution < 1.29 is 33.0 Å². The predicted octanol–water partition coefficient (Wildman–Crippen LogP) is 14.4. The van der Waals surface area contributed by atoms with Crippen molar-refractivity contribution >= 4 is 11.0 Å². The molecule has 0 radical (unpaired) electrons. The number of fused-ring (bicyclic) bond motifs is 1. The number of nitrogens with zero attached hydrogens (tertiary/aromatic N) is 3. The molecule has 5 heteroatoms. The third-order valence-electron chi connectivity index (χ3n) is 11.1. The van der Waals surface area contributed by atoms with Gasteiger partial charge in [-0.25, -0.2) is 4.98 Å². The number of benzene rings is 7. The first kappa shape index (κ1) is 35.4. The zero-order valence-corrected chi connectivity index (χ0v) is 36.7. The van der Waals surface area contributed by atoms with Gasteiger partial charge in [-0.1, -0.05) is 172 Å². The van der Waals surface area contributed by atoms with E-state index >= 15 is 0 Å². The molecule has 0 bridgehead atoms. The van der Waals surface area contributed by atoms with Gasteiger partial charge in [0.25, 0.3) is 0 Å². The smallest absolute Gasteiger partial charge is 0.148 e. The van der Waals surface area contributed by atoms with Gasteiger partial charge in [-0.2, -0.15) is 0 Å². The maximum atomic E-state index is 12.2. The molecule has 0 spiro atoms. The van der Waals surface area contributed by atoms with Gasteiger partial charge in [-0.3, -0.25) is 9.55 Å². The summed E-state index contributed by atoms with van der Waals surface area (Å²) in [6.07, 6.45) is -0.388. The molecule has 0 aliphatic carbocycles. The molecule has 9 rings (SSSR count). The average molecular weight is 979 g/mol. The van der Waals surface area contributed by atoms with E-state index in [0.29, 0.717) is 56.0 Å². The number of hydrogen-bond donors (Lipinski definition) is 1. The zero-order chi connectivity index (χ0) is 45.6. The fourth-order valence-electron chi connectivity index (χ4n) is 7.96. The maximum Gasteiger partial charge on any atom is 0.148 e. The number of aromatic nitrogens is 3. The summed E-state index contributed by atoms with van der Waals surface area (Å²) in [5.74, 6) is 0.929. The van der Waals surface area contributed by atoms with E-state index in [4.69, 9.17) is 14.1 Å². The largest absolute Gasteiger partial charge is 0.507 e. The molecule has 2 heterocycles. The van der Waals surface area contributed by atoms with E-state index in [1.54, 1.807) is 36.5 Å². The molecule has 1 N–H and O–H groups in total. The summed E-state index contributed by atoms with van der Waals surface area (Å²) >= 11 is 0. The van der Waals surface area contributed by atoms with Gasteiger partial charge in [0.05, 0.1) is 22.3 Å². The van der Waals surface area contributed by atoms with Crippen molar-refractivity contribution in [3.63, 3.8) is 0 Å². The zero-order valence-electron chi connectivity index (χ0n) is 39.4. The number of imidazole rings is 1. The standard InChI is InChI=1S/C56H48N3O.Pt/c1-36(2)43-33-48(37(3)4)55(60)49(34-43)56-58-54-47(25-17-27-53(54)59(56)52-26-16-15-24-46(52)41-20-11-7-12-21-41)44-30-40(29-39-18-9-6-10-19-39)31-45(32-44)51-28-38(5)50(35-57-51)42-22-13-8-14-23-42;/h6-28,30-31,33-37,60H,29H2,1-5H3;/q-1;/i5D3,29D2;. The number of pyridine rings is 1. The Balaban J connectivity index is 0.00000592. The number of rotatable bonds is 10. The summed E-state index contributed by atoms with van der Waals surface area (Å²) in [5.41, 5.74) is 10.9. The first-order valence-corrected chi connectivity index (χ1v) is 20.4. The molecular weight excluding hydrogens is 926 g/mol. The maximum absolute atomic E-state index is 12.2. The molecule has 0 atom stereocenters. The number of phenols is 1. The monoisotopic (exact) mass is 978 g/mol. The van der Waals surface area contributed by atoms with Crippen LogP contribution in [0.5, 0.6) is 5.75 Å². The van der Waals surface area contributed by atoms with E-state index in [9.17, 15) is 7.85 Å². The van der Waals surface area contributed by atoms with Crippen molar-refractivity contribution in [2.45, 2.75) is 52.8 Å². The Morgan fingerprint density at radius 3 is 1.97 bits per heavy atom. The summed E-state index contributed by atoms with van der Waals surface area (Å²) in [4.78, 5) is 10.3. The summed E-state index contributed by atoms with van der Waals surface area (Å²) < 4.78 is 47.0. The molecule has 9 aromatic rings. The fourth-order valence-corrected chi connectivity index (χ4v) is 7.96. The molecule has 2 aromatic heterocycles. The van der Waals surface area contributed by atoms with E-state index in [-0.39, 0.29) is 44.2 Å². The van der Waals surface area contributed by atoms with Crippen LogP contribution in [0, 0.1) is 12.9 Å². The van der Waals surface area contributed by atoms with Crippen molar-refractivity contribution in [1.82, 2.24) is 14.5 Å². The summed E-state index contributed by atoms with van der Waals surface area (Å²) in [5, 5.41) is 12.2. The van der Waals surface area contributed by atoms with Gasteiger partial charge in [0, 0.05) is 50.9 Å². The van der Waals surface area contributed by atoms with Crippen LogP contribution >= 0.6 is 0 Å². The Bertz CT molecular complexity index is 3180. The first-order chi connectivity index (χ1) is 31.2. The fraction of sp³-hybridized carbons (Fsp3) is 0.143. The molecule has 4 nitrogen and oxygen atoms in total. The molecule has 0 saturated carbocycles. The third kappa shape index (κ3) is 8.26. The van der Waals surface area contributed by atoms with Crippen LogP contribution in [0.2, 0.25) is 0 Å². The molecule has 0 aliphatic heterocycles. The number of phenolic OH excluding ortho intramolecular Hbond substituents is 1. The minimum absolute atomic E-state index is 0. The second-order valence-corrected chi connectivity index (χ2v) is 15.8. The van der Waals surface area contributed by atoms with Crippen molar-refractivity contribution in [2.24, 2.45) is 0 Å². The van der Waals surface area contributed by atoms with E-state index in [1.165, 1.54) is 0 Å². The minimum Gasteiger partial charge on any atom is -0.507 e. The van der Waals surface area contributed by atoms with Gasteiger partial charge >= 0.3 is 0 Å². The van der Waals surface area contributed by atoms with Gasteiger partial charge in [0.15, 0.2) is 0 Å². The number of aromatic hydroxyl groups is 1. The van der Waals surface area contributed by atoms with Crippen LogP contribution in [0.3, 0.4) is 0 Å². The van der Waals surface area contributed by atoms with E-state index in [1.807, 2.05) is 103 Å². The van der Waals surface area contributed by atoms with Crippen LogP contribution in [0.4, 0.5) is 0 Å². The average Bonchev–Trinajstić information content (AvgIpc) is 3.71. The third-order valence-corrected chi connectivity index (χ3v) is 11.1. The summed E-state index contributed by atoms with van der Waals surface area (Å²) in [6, 6.07) is 55.4. The Labute approximate surface area is 380 Å². The van der Waals surface area contributed by atoms with Crippen molar-refractivity contribution in [2.75, 3.05) is 0 Å². The van der Waals surface area contributed by atoms with Gasteiger partial charge in [0.1, 0.15) is 11.6 Å². The Morgan fingerprint density at radius 2 is 1.28 bits per heavy atom. The predicted molar refractivity (Wildman–Crippen MR) is 249 cm³/mol. The van der Waals surface area contributed by atoms with Gasteiger partial charge < -0.3 is 5.11 Å². The van der Waals surface area contributed by atoms with Crippen LogP contribution in [0.25, 0.3) is 72.7 Å². The molecule has 0 fully saturated rings. The Hall–Kier alpha value is -6.35. The van der Waals surface area contributed by atoms with Crippen molar-refractivity contribution in [1.29, 1.82) is 0 Å². The second kappa shape index (κ2) is 17.7. The molecule has 7 aromatic carbocycles. The van der Waals surface area contributed by atoms with E-state index in [0.717, 1.165) is 39.0 Å². The van der Waals surface area contributed by atoms with Crippen molar-refractivity contribution in [3.05, 3.63) is 204 Å². The number of aryl methyl sites for hydroxylation is 1. The SMILES string of the molecule is [2H]C([2H])([2H])c1cc(-c2[c-]c(-c3cccc4c3nc(-c3cc(C(C)C)cc(C(C)C)c3O)n4-c3ccccc3-c3ccccc3)cc(C([2H])([2H])c3ccccc3)c2)ncc1-c1ccccc1.[Pt]. The van der Waals surface area contributed by atoms with Crippen molar-refractivity contribution in [3.8, 4) is 67.5 Å². The molecular formula is C56H48N3OPt-. The van der Waals surface area contributed by atoms with Crippen LogP contribution in [0.1, 0.15) is 74.2 Å². The van der Waals surface area contributed by atoms with E-state index < -0.39 is 13.2 Å². The van der Waals surface area contributed by atoms with Crippen LogP contribution in [-0.2, 0) is 27.4 Å². The Kier molecular flexibility index (Phi) is 10.3. The first-order valence-electron chi connectivity index (χ1n) is 22.9. The molecule has 0 saturated heterocycles. The topological polar surface area (TPSA) is 50.9 Å². The quantitative estimate of drug-likeness (QED) is 0.139. The molecule has 0 unspecified atom stereocenters. The molecule has 0 aliphatic rings. The second-order valence-electron chi connectivity index (χ2n) is 15.8. The summed E-state index contributed by atoms with van der Waals surface area (Å²) in [6.45, 7) is 5.97. The molecule has 0 amide bonds. The number of hydrogen-bond acceptors (Lipinski definition) is 3. The molecule has 61 heavy (non-hydrogen) atoms. The normalized spacial score (nSPS) is 13.0. The summed E-state index contributed by atoms with van der Waals surface area (Å²) in [7, 11) is 0. The van der Waals surface area contributed by atoms with Crippen LogP contribution in [-0.4, -0.2) is 19.6 Å². The van der Waals surface area contributed by atoms with E-state index in [2.05, 4.69) is 68.7 Å². The molecule has 304 valence electrons. The van der Waals surface area contributed by atoms with Gasteiger partial charge in [-0.05, 0) is 76.6 Å². The number of para-hydroxylation sites is 2.